The van der Waals surface area contributed by atoms with Crippen molar-refractivity contribution in [2.45, 2.75) is 43.1 Å². The van der Waals surface area contributed by atoms with Crippen LogP contribution in [0.5, 0.6) is 0 Å². The zero-order valence-corrected chi connectivity index (χ0v) is 12.4. The van der Waals surface area contributed by atoms with E-state index in [1.807, 2.05) is 38.1 Å². The number of carboxylic acids is 1. The van der Waals surface area contributed by atoms with E-state index in [2.05, 4.69) is 11.7 Å². The van der Waals surface area contributed by atoms with E-state index in [1.165, 1.54) is 17.7 Å². The Morgan fingerprint density at radius 3 is 2.17 bits per heavy atom. The molecule has 0 radical (unpaired) electrons. The highest BCUT2D eigenvalue weighted by atomic mass is 33.1. The van der Waals surface area contributed by atoms with Crippen LogP contribution in [0.15, 0.2) is 29.2 Å². The number of benzene rings is 1. The number of hydrogen-bond donors (Lipinski definition) is 3. The lowest BCUT2D eigenvalue weighted by atomic mass is 9.76. The second-order valence-electron chi connectivity index (χ2n) is 5.26. The molecule has 1 rings (SSSR count). The van der Waals surface area contributed by atoms with Crippen molar-refractivity contribution in [2.75, 3.05) is 0 Å². The summed E-state index contributed by atoms with van der Waals surface area (Å²) in [5.41, 5.74) is -1.14. The molecule has 1 unspecified atom stereocenters. The number of aliphatic hydroxyl groups is 1. The molecule has 0 saturated heterocycles. The fourth-order valence-corrected chi connectivity index (χ4v) is 2.63. The van der Waals surface area contributed by atoms with E-state index in [0.29, 0.717) is 0 Å². The van der Waals surface area contributed by atoms with Gasteiger partial charge in [0.05, 0.1) is 0 Å². The molecule has 3 nitrogen and oxygen atoms in total. The van der Waals surface area contributed by atoms with Crippen LogP contribution < -0.4 is 0 Å². The molecule has 0 saturated carbocycles. The van der Waals surface area contributed by atoms with Crippen molar-refractivity contribution >= 4 is 28.4 Å². The maximum Gasteiger partial charge on any atom is 0.335 e. The summed E-state index contributed by atoms with van der Waals surface area (Å²) >= 11 is 4.11. The van der Waals surface area contributed by atoms with Gasteiger partial charge in [-0.25, -0.2) is 4.79 Å². The number of aliphatic carboxylic acids is 1. The van der Waals surface area contributed by atoms with Crippen LogP contribution >= 0.6 is 22.5 Å². The fraction of sp³-hybridized carbons (Fsp3) is 0.462. The van der Waals surface area contributed by atoms with Gasteiger partial charge in [-0.3, -0.25) is 0 Å². The van der Waals surface area contributed by atoms with Crippen LogP contribution in [0, 0.1) is 0 Å². The molecule has 1 aromatic rings. The predicted molar refractivity (Wildman–Crippen MR) is 77.2 cm³/mol. The number of carboxylic acid groups (broad SMARTS) is 1. The van der Waals surface area contributed by atoms with Gasteiger partial charge in [0.15, 0.2) is 5.60 Å². The van der Waals surface area contributed by atoms with Crippen LogP contribution in [0.1, 0.15) is 32.8 Å². The Morgan fingerprint density at radius 1 is 1.28 bits per heavy atom. The Kier molecular flexibility index (Phi) is 4.75. The normalized spacial score (nSPS) is 15.2. The van der Waals surface area contributed by atoms with Gasteiger partial charge in [0.25, 0.3) is 0 Å². The number of rotatable bonds is 5. The summed E-state index contributed by atoms with van der Waals surface area (Å²) in [6.07, 6.45) is 0.155. The van der Waals surface area contributed by atoms with E-state index in [9.17, 15) is 9.90 Å². The third-order valence-electron chi connectivity index (χ3n) is 2.99. The number of thiol groups is 1. The van der Waals surface area contributed by atoms with E-state index in [4.69, 9.17) is 5.11 Å². The Hall–Kier alpha value is -0.650. The summed E-state index contributed by atoms with van der Waals surface area (Å²) in [7, 11) is 1.36. The maximum atomic E-state index is 11.0. The van der Waals surface area contributed by atoms with Crippen molar-refractivity contribution in [1.82, 2.24) is 0 Å². The first-order valence-corrected chi connectivity index (χ1v) is 7.44. The minimum Gasteiger partial charge on any atom is -0.479 e. The van der Waals surface area contributed by atoms with Gasteiger partial charge in [-0.05, 0) is 36.5 Å². The van der Waals surface area contributed by atoms with Gasteiger partial charge in [0.2, 0.25) is 0 Å². The molecule has 100 valence electrons. The average molecular weight is 286 g/mol. The molecule has 18 heavy (non-hydrogen) atoms. The van der Waals surface area contributed by atoms with Crippen LogP contribution in [0.2, 0.25) is 0 Å². The lowest BCUT2D eigenvalue weighted by Crippen LogP contribution is -2.41. The predicted octanol–water partition coefficient (Wildman–Crippen LogP) is 3.13. The molecular weight excluding hydrogens is 268 g/mol. The van der Waals surface area contributed by atoms with E-state index >= 15 is 0 Å². The quantitative estimate of drug-likeness (QED) is 0.575. The minimum atomic E-state index is -1.72. The third-order valence-corrected chi connectivity index (χ3v) is 4.10. The van der Waals surface area contributed by atoms with Gasteiger partial charge >= 0.3 is 5.97 Å². The molecule has 5 heteroatoms. The fourth-order valence-electron chi connectivity index (χ4n) is 2.01. The molecular formula is C13H18O3S2. The molecule has 1 aromatic carbocycles. The Bertz CT molecular complexity index is 424. The van der Waals surface area contributed by atoms with Gasteiger partial charge in [-0.2, -0.15) is 0 Å². The molecule has 0 fully saturated rings. The van der Waals surface area contributed by atoms with Gasteiger partial charge < -0.3 is 10.2 Å². The summed E-state index contributed by atoms with van der Waals surface area (Å²) in [6, 6.07) is 7.75. The topological polar surface area (TPSA) is 57.5 Å². The van der Waals surface area contributed by atoms with Crippen molar-refractivity contribution < 1.29 is 15.0 Å². The van der Waals surface area contributed by atoms with Gasteiger partial charge in [0.1, 0.15) is 0 Å². The van der Waals surface area contributed by atoms with Crippen LogP contribution in [-0.2, 0) is 10.2 Å². The summed E-state index contributed by atoms with van der Waals surface area (Å²) in [5, 5.41) is 18.8. The standard InChI is InChI=1S/C13H18O3S2/c1-12(2,8-13(3,16)11(14)15)9-4-6-10(18-17)7-5-9/h4-7,16-17H,8H2,1-3H3,(H,14,15). The Balaban J connectivity index is 2.94. The van der Waals surface area contributed by atoms with Gasteiger partial charge in [0, 0.05) is 4.90 Å². The molecule has 0 heterocycles. The van der Waals surface area contributed by atoms with Crippen molar-refractivity contribution in [3.05, 3.63) is 29.8 Å². The van der Waals surface area contributed by atoms with Crippen LogP contribution in [0.4, 0.5) is 0 Å². The highest BCUT2D eigenvalue weighted by molar-refractivity contribution is 8.68. The monoisotopic (exact) mass is 286 g/mol. The van der Waals surface area contributed by atoms with Crippen molar-refractivity contribution in [3.63, 3.8) is 0 Å². The SMILES string of the molecule is CC(O)(CC(C)(C)c1ccc(SS)cc1)C(=O)O. The Labute approximate surface area is 116 Å². The molecule has 0 aliphatic rings. The zero-order valence-electron chi connectivity index (χ0n) is 10.7. The minimum absolute atomic E-state index is 0.155. The first kappa shape index (κ1) is 15.4. The lowest BCUT2D eigenvalue weighted by molar-refractivity contribution is -0.158. The highest BCUT2D eigenvalue weighted by Gasteiger charge is 2.37. The number of carbonyl (C=O) groups is 1. The molecule has 0 bridgehead atoms. The van der Waals surface area contributed by atoms with Crippen LogP contribution in [0.25, 0.3) is 0 Å². The van der Waals surface area contributed by atoms with E-state index in [-0.39, 0.29) is 6.42 Å². The van der Waals surface area contributed by atoms with E-state index in [1.54, 1.807) is 0 Å². The maximum absolute atomic E-state index is 11.0. The molecule has 0 aliphatic heterocycles. The van der Waals surface area contributed by atoms with Crippen molar-refractivity contribution in [1.29, 1.82) is 0 Å². The number of hydrogen-bond acceptors (Lipinski definition) is 4. The van der Waals surface area contributed by atoms with E-state index in [0.717, 1.165) is 10.5 Å². The van der Waals surface area contributed by atoms with Crippen molar-refractivity contribution in [3.8, 4) is 0 Å². The molecule has 2 N–H and O–H groups in total. The summed E-state index contributed by atoms with van der Waals surface area (Å²) in [4.78, 5) is 12.0. The molecule has 0 amide bonds. The smallest absolute Gasteiger partial charge is 0.335 e. The highest BCUT2D eigenvalue weighted by Crippen LogP contribution is 2.33. The molecule has 0 spiro atoms. The summed E-state index contributed by atoms with van der Waals surface area (Å²) < 4.78 is 0. The molecule has 0 aliphatic carbocycles. The van der Waals surface area contributed by atoms with Crippen LogP contribution in [-0.4, -0.2) is 21.8 Å². The largest absolute Gasteiger partial charge is 0.479 e. The van der Waals surface area contributed by atoms with E-state index < -0.39 is 17.0 Å². The summed E-state index contributed by atoms with van der Waals surface area (Å²) in [6.45, 7) is 5.18. The van der Waals surface area contributed by atoms with Crippen molar-refractivity contribution in [2.24, 2.45) is 0 Å². The second-order valence-corrected chi connectivity index (χ2v) is 6.46. The average Bonchev–Trinajstić information content (AvgIpc) is 2.27. The lowest BCUT2D eigenvalue weighted by Gasteiger charge is -2.31. The third kappa shape index (κ3) is 3.67. The van der Waals surface area contributed by atoms with Gasteiger partial charge in [-0.1, -0.05) is 36.8 Å². The summed E-state index contributed by atoms with van der Waals surface area (Å²) in [5.74, 6) is -1.20. The first-order valence-electron chi connectivity index (χ1n) is 5.57. The molecule has 0 aromatic heterocycles. The van der Waals surface area contributed by atoms with Gasteiger partial charge in [-0.15, -0.1) is 11.7 Å². The zero-order chi connectivity index (χ0) is 14.0. The Morgan fingerprint density at radius 2 is 1.78 bits per heavy atom. The molecule has 1 atom stereocenters. The first-order chi connectivity index (χ1) is 8.19. The van der Waals surface area contributed by atoms with Crippen LogP contribution in [0.3, 0.4) is 0 Å². The second kappa shape index (κ2) is 5.55.